The summed E-state index contributed by atoms with van der Waals surface area (Å²) in [5, 5.41) is 2.59. The molecule has 0 unspecified atom stereocenters. The lowest BCUT2D eigenvalue weighted by molar-refractivity contribution is 0.0733. The lowest BCUT2D eigenvalue weighted by atomic mass is 10.2. The summed E-state index contributed by atoms with van der Waals surface area (Å²) >= 11 is 2.16. The predicted octanol–water partition coefficient (Wildman–Crippen LogP) is 2.03. The van der Waals surface area contributed by atoms with Crippen LogP contribution >= 0.6 is 22.6 Å². The minimum Gasteiger partial charge on any atom is -0.427 e. The fourth-order valence-electron chi connectivity index (χ4n) is 1.21. The molecular formula is C11H8INO4. The minimum atomic E-state index is -0.766. The molecule has 5 nitrogen and oxygen atoms in total. The topological polar surface area (TPSA) is 64.6 Å². The molecule has 1 N–H and O–H groups in total. The molecular weight excluding hydrogens is 337 g/mol. The van der Waals surface area contributed by atoms with Crippen LogP contribution in [0.5, 0.6) is 0 Å². The Labute approximate surface area is 111 Å². The second-order valence-corrected chi connectivity index (χ2v) is 4.51. The molecule has 1 heterocycles. The molecule has 17 heavy (non-hydrogen) atoms. The number of benzene rings is 1. The molecule has 1 aromatic carbocycles. The molecule has 0 saturated heterocycles. The summed E-state index contributed by atoms with van der Waals surface area (Å²) < 4.78 is 10.2. The van der Waals surface area contributed by atoms with Crippen LogP contribution in [-0.2, 0) is 9.47 Å². The van der Waals surface area contributed by atoms with Crippen LogP contribution in [0.15, 0.2) is 36.2 Å². The highest BCUT2D eigenvalue weighted by Crippen LogP contribution is 2.08. The van der Waals surface area contributed by atoms with Gasteiger partial charge < -0.3 is 14.8 Å². The fraction of sp³-hybridized carbons (Fsp3) is 0.0909. The molecule has 1 aliphatic heterocycles. The first-order chi connectivity index (χ1) is 8.15. The Morgan fingerprint density at radius 1 is 1.29 bits per heavy atom. The maximum atomic E-state index is 11.8. The number of carbonyl (C=O) groups is 2. The van der Waals surface area contributed by atoms with Gasteiger partial charge in [-0.3, -0.25) is 4.79 Å². The zero-order valence-electron chi connectivity index (χ0n) is 8.60. The fourth-order valence-corrected chi connectivity index (χ4v) is 1.57. The van der Waals surface area contributed by atoms with Gasteiger partial charge >= 0.3 is 6.16 Å². The van der Waals surface area contributed by atoms with E-state index < -0.39 is 6.16 Å². The first-order valence-electron chi connectivity index (χ1n) is 4.74. The Morgan fingerprint density at radius 3 is 2.59 bits per heavy atom. The van der Waals surface area contributed by atoms with Gasteiger partial charge in [0.2, 0.25) is 0 Å². The average Bonchev–Trinajstić information content (AvgIpc) is 2.33. The molecule has 6 heteroatoms. The van der Waals surface area contributed by atoms with Crippen LogP contribution in [-0.4, -0.2) is 18.7 Å². The average molecular weight is 345 g/mol. The Morgan fingerprint density at radius 2 is 2.00 bits per heavy atom. The van der Waals surface area contributed by atoms with E-state index in [0.29, 0.717) is 11.3 Å². The van der Waals surface area contributed by atoms with Gasteiger partial charge in [0.05, 0.1) is 5.70 Å². The number of cyclic esters (lactones) is 2. The molecule has 1 aromatic rings. The summed E-state index contributed by atoms with van der Waals surface area (Å²) in [6, 6.07) is 7.10. The van der Waals surface area contributed by atoms with E-state index in [4.69, 9.17) is 0 Å². The van der Waals surface area contributed by atoms with Gasteiger partial charge in [-0.15, -0.1) is 0 Å². The van der Waals surface area contributed by atoms with E-state index in [1.165, 1.54) is 6.26 Å². The lowest BCUT2D eigenvalue weighted by Gasteiger charge is -2.14. The largest absolute Gasteiger partial charge is 0.513 e. The van der Waals surface area contributed by atoms with Gasteiger partial charge in [-0.05, 0) is 46.9 Å². The summed E-state index contributed by atoms with van der Waals surface area (Å²) in [7, 11) is 0. The molecule has 1 amide bonds. The van der Waals surface area contributed by atoms with E-state index in [0.717, 1.165) is 3.57 Å². The van der Waals surface area contributed by atoms with Crippen LogP contribution in [0.1, 0.15) is 10.4 Å². The van der Waals surface area contributed by atoms with E-state index in [-0.39, 0.29) is 12.5 Å². The van der Waals surface area contributed by atoms with Gasteiger partial charge in [-0.2, -0.15) is 0 Å². The van der Waals surface area contributed by atoms with Crippen molar-refractivity contribution in [1.82, 2.24) is 5.32 Å². The van der Waals surface area contributed by atoms with Crippen LogP contribution in [0.25, 0.3) is 0 Å². The van der Waals surface area contributed by atoms with E-state index in [2.05, 4.69) is 37.4 Å². The smallest absolute Gasteiger partial charge is 0.427 e. The van der Waals surface area contributed by atoms with Gasteiger partial charge in [-0.1, -0.05) is 0 Å². The molecule has 0 aromatic heterocycles. The van der Waals surface area contributed by atoms with Crippen molar-refractivity contribution in [3.05, 3.63) is 45.4 Å². The number of halogens is 1. The third kappa shape index (κ3) is 3.19. The van der Waals surface area contributed by atoms with Crippen LogP contribution in [0, 0.1) is 3.57 Å². The highest BCUT2D eigenvalue weighted by molar-refractivity contribution is 14.1. The first kappa shape index (κ1) is 11.9. The molecule has 0 aliphatic carbocycles. The number of hydrogen-bond acceptors (Lipinski definition) is 4. The third-order valence-electron chi connectivity index (χ3n) is 2.02. The van der Waals surface area contributed by atoms with Crippen molar-refractivity contribution in [3.63, 3.8) is 0 Å². The van der Waals surface area contributed by atoms with Crippen molar-refractivity contribution in [3.8, 4) is 0 Å². The monoisotopic (exact) mass is 345 g/mol. The van der Waals surface area contributed by atoms with Crippen molar-refractivity contribution in [2.75, 3.05) is 6.61 Å². The Balaban J connectivity index is 2.02. The normalized spacial score (nSPS) is 14.4. The molecule has 0 atom stereocenters. The zero-order valence-corrected chi connectivity index (χ0v) is 10.8. The summed E-state index contributed by atoms with van der Waals surface area (Å²) in [5.74, 6) is -0.269. The lowest BCUT2D eigenvalue weighted by Crippen LogP contribution is -2.28. The van der Waals surface area contributed by atoms with Crippen molar-refractivity contribution in [2.24, 2.45) is 0 Å². The maximum absolute atomic E-state index is 11.8. The SMILES string of the molecule is O=C1OC=C(NC(=O)c2ccc(I)cc2)CO1. The highest BCUT2D eigenvalue weighted by Gasteiger charge is 2.15. The predicted molar refractivity (Wildman–Crippen MR) is 67.1 cm³/mol. The quantitative estimate of drug-likeness (QED) is 0.658. The van der Waals surface area contributed by atoms with Crippen molar-refractivity contribution >= 4 is 34.7 Å². The Kier molecular flexibility index (Phi) is 3.62. The zero-order chi connectivity index (χ0) is 12.3. The number of rotatable bonds is 2. The van der Waals surface area contributed by atoms with Crippen LogP contribution in [0.4, 0.5) is 4.79 Å². The molecule has 0 radical (unpaired) electrons. The van der Waals surface area contributed by atoms with Crippen molar-refractivity contribution in [1.29, 1.82) is 0 Å². The van der Waals surface area contributed by atoms with Crippen molar-refractivity contribution < 1.29 is 19.1 Å². The van der Waals surface area contributed by atoms with Crippen LogP contribution < -0.4 is 5.32 Å². The van der Waals surface area contributed by atoms with Crippen LogP contribution in [0.2, 0.25) is 0 Å². The number of nitrogens with one attached hydrogen (secondary N) is 1. The molecule has 0 spiro atoms. The summed E-state index contributed by atoms with van der Waals surface area (Å²) in [6.07, 6.45) is 0.411. The molecule has 0 fully saturated rings. The van der Waals surface area contributed by atoms with E-state index >= 15 is 0 Å². The van der Waals surface area contributed by atoms with Gasteiger partial charge in [0.15, 0.2) is 0 Å². The number of ether oxygens (including phenoxy) is 2. The first-order valence-corrected chi connectivity index (χ1v) is 5.82. The van der Waals surface area contributed by atoms with Gasteiger partial charge in [0.25, 0.3) is 5.91 Å². The van der Waals surface area contributed by atoms with E-state index in [9.17, 15) is 9.59 Å². The Hall–Kier alpha value is -1.57. The van der Waals surface area contributed by atoms with E-state index in [1.807, 2.05) is 12.1 Å². The molecule has 0 bridgehead atoms. The second-order valence-electron chi connectivity index (χ2n) is 3.26. The summed E-state index contributed by atoms with van der Waals surface area (Å²) in [5.41, 5.74) is 0.941. The Bertz CT molecular complexity index is 481. The molecule has 1 aliphatic rings. The third-order valence-corrected chi connectivity index (χ3v) is 2.74. The van der Waals surface area contributed by atoms with Crippen molar-refractivity contribution in [2.45, 2.75) is 0 Å². The number of hydrogen-bond donors (Lipinski definition) is 1. The molecule has 88 valence electrons. The van der Waals surface area contributed by atoms with Gasteiger partial charge in [-0.25, -0.2) is 4.79 Å². The minimum absolute atomic E-state index is 0.00887. The second kappa shape index (κ2) is 5.17. The number of carbonyl (C=O) groups excluding carboxylic acids is 2. The summed E-state index contributed by atoms with van der Waals surface area (Å²) in [6.45, 7) is 0.00887. The number of amides is 1. The standard InChI is InChI=1S/C11H8INO4/c12-8-3-1-7(2-4-8)10(14)13-9-5-16-11(15)17-6-9/h1-5H,6H2,(H,13,14). The van der Waals surface area contributed by atoms with Crippen LogP contribution in [0.3, 0.4) is 0 Å². The van der Waals surface area contributed by atoms with E-state index in [1.54, 1.807) is 12.1 Å². The van der Waals surface area contributed by atoms with Gasteiger partial charge in [0.1, 0.15) is 12.9 Å². The molecule has 0 saturated carbocycles. The molecule has 2 rings (SSSR count). The highest BCUT2D eigenvalue weighted by atomic mass is 127. The van der Waals surface area contributed by atoms with Gasteiger partial charge in [0, 0.05) is 9.13 Å². The maximum Gasteiger partial charge on any atom is 0.513 e. The summed E-state index contributed by atoms with van der Waals surface area (Å²) in [4.78, 5) is 22.4.